The summed E-state index contributed by atoms with van der Waals surface area (Å²) in [6.07, 6.45) is 1.93. The Balaban J connectivity index is 0.000001000. The van der Waals surface area contributed by atoms with E-state index in [1.165, 1.54) is 23.3 Å². The van der Waals surface area contributed by atoms with Gasteiger partial charge >= 0.3 is 29.6 Å². The summed E-state index contributed by atoms with van der Waals surface area (Å²) in [5.74, 6) is 0. The monoisotopic (exact) mass is 211 g/mol. The number of hydrogen-bond acceptors (Lipinski definition) is 4. The predicted molar refractivity (Wildman–Crippen MR) is 46.0 cm³/mol. The van der Waals surface area contributed by atoms with Gasteiger partial charge in [-0.3, -0.25) is 4.37 Å². The first-order valence-electron chi connectivity index (χ1n) is 2.45. The van der Waals surface area contributed by atoms with Gasteiger partial charge in [0.15, 0.2) is 0 Å². The van der Waals surface area contributed by atoms with Crippen molar-refractivity contribution in [3.05, 3.63) is 10.2 Å². The third-order valence-corrected chi connectivity index (χ3v) is 3.42. The van der Waals surface area contributed by atoms with E-state index in [0.29, 0.717) is 10.2 Å². The summed E-state index contributed by atoms with van der Waals surface area (Å²) in [6.45, 7) is 0. The second-order valence-electron chi connectivity index (χ2n) is 1.51. The van der Waals surface area contributed by atoms with E-state index in [1.807, 2.05) is 12.3 Å². The molecule has 0 spiro atoms. The third-order valence-electron chi connectivity index (χ3n) is 0.965. The fraction of sp³-hybridized carbons (Fsp3) is 0.200. The quantitative estimate of drug-likeness (QED) is 0.383. The van der Waals surface area contributed by atoms with Crippen LogP contribution in [0.15, 0.2) is 4.21 Å². The zero-order chi connectivity index (χ0) is 7.56. The molecule has 2 nitrogen and oxygen atoms in total. The molecule has 0 radical (unpaired) electrons. The van der Waals surface area contributed by atoms with Gasteiger partial charge in [-0.15, -0.1) is 11.8 Å². The number of rotatable bonds is 1. The third kappa shape index (κ3) is 2.58. The minimum absolute atomic E-state index is 0. The number of thioether (sulfide) groups is 1. The number of aromatic amines is 1. The summed E-state index contributed by atoms with van der Waals surface area (Å²) < 4.78 is 4.37. The number of nitriles is 1. The number of nitrogens with one attached hydrogen (secondary N) is 1. The Morgan fingerprint density at radius 3 is 2.73 bits per heavy atom. The summed E-state index contributed by atoms with van der Waals surface area (Å²) in [7, 11) is 0. The SMILES string of the molecule is CSc1s[nH]c(=S)c1C#N.[Na+]. The Bertz CT molecular complexity index is 321. The van der Waals surface area contributed by atoms with Crippen LogP contribution in [0.3, 0.4) is 0 Å². The van der Waals surface area contributed by atoms with Crippen LogP contribution in [0.4, 0.5) is 0 Å². The first kappa shape index (κ1) is 11.7. The van der Waals surface area contributed by atoms with Crippen LogP contribution in [0.25, 0.3) is 0 Å². The minimum atomic E-state index is 0. The van der Waals surface area contributed by atoms with Gasteiger partial charge in [0.05, 0.1) is 4.21 Å². The molecule has 1 aromatic rings. The van der Waals surface area contributed by atoms with Crippen molar-refractivity contribution in [3.8, 4) is 6.07 Å². The maximum Gasteiger partial charge on any atom is 1.00 e. The van der Waals surface area contributed by atoms with Gasteiger partial charge in [-0.2, -0.15) is 5.26 Å². The van der Waals surface area contributed by atoms with Crippen molar-refractivity contribution in [2.24, 2.45) is 0 Å². The van der Waals surface area contributed by atoms with Gasteiger partial charge in [0.1, 0.15) is 16.3 Å². The molecule has 0 aromatic carbocycles. The number of aromatic nitrogens is 1. The fourth-order valence-electron chi connectivity index (χ4n) is 0.528. The fourth-order valence-corrected chi connectivity index (χ4v) is 2.28. The largest absolute Gasteiger partial charge is 1.00 e. The van der Waals surface area contributed by atoms with Gasteiger partial charge in [-0.25, -0.2) is 0 Å². The second kappa shape index (κ2) is 5.36. The van der Waals surface area contributed by atoms with E-state index in [1.54, 1.807) is 0 Å². The average Bonchev–Trinajstić information content (AvgIpc) is 2.30. The molecule has 0 atom stereocenters. The standard InChI is InChI=1S/C5H4N2S3.Na/c1-9-5-3(2-6)4(8)7-10-5;/h1H3,(H,7,8);/q;+1. The molecule has 6 heteroatoms. The molecule has 0 aliphatic heterocycles. The summed E-state index contributed by atoms with van der Waals surface area (Å²) in [5.41, 5.74) is 0.604. The Hall–Kier alpha value is 0.690. The van der Waals surface area contributed by atoms with E-state index in [9.17, 15) is 0 Å². The van der Waals surface area contributed by atoms with Gasteiger partial charge < -0.3 is 0 Å². The van der Waals surface area contributed by atoms with Crippen molar-refractivity contribution >= 4 is 35.5 Å². The molecular weight excluding hydrogens is 207 g/mol. The summed E-state index contributed by atoms with van der Waals surface area (Å²) in [6, 6.07) is 2.05. The van der Waals surface area contributed by atoms with Crippen molar-refractivity contribution in [1.29, 1.82) is 5.26 Å². The average molecular weight is 211 g/mol. The van der Waals surface area contributed by atoms with Gasteiger partial charge in [-0.05, 0) is 6.26 Å². The maximum absolute atomic E-state index is 8.58. The minimum Gasteiger partial charge on any atom is -0.300 e. The van der Waals surface area contributed by atoms with Crippen LogP contribution >= 0.6 is 35.5 Å². The Labute approximate surface area is 100 Å². The molecule has 0 unspecified atom stereocenters. The molecule has 1 aromatic heterocycles. The Kier molecular flexibility index (Phi) is 5.69. The van der Waals surface area contributed by atoms with Crippen molar-refractivity contribution in [2.45, 2.75) is 4.21 Å². The molecule has 0 aliphatic carbocycles. The molecule has 52 valence electrons. The van der Waals surface area contributed by atoms with Crippen LogP contribution in [0.1, 0.15) is 5.56 Å². The van der Waals surface area contributed by atoms with Gasteiger partial charge in [0.25, 0.3) is 0 Å². The summed E-state index contributed by atoms with van der Waals surface area (Å²) >= 11 is 7.81. The molecule has 11 heavy (non-hydrogen) atoms. The van der Waals surface area contributed by atoms with Crippen LogP contribution in [0, 0.1) is 16.0 Å². The van der Waals surface area contributed by atoms with Crippen LogP contribution in [-0.2, 0) is 0 Å². The smallest absolute Gasteiger partial charge is 0.300 e. The van der Waals surface area contributed by atoms with E-state index in [-0.39, 0.29) is 29.6 Å². The molecule has 0 saturated carbocycles. The predicted octanol–water partition coefficient (Wildman–Crippen LogP) is -0.597. The van der Waals surface area contributed by atoms with E-state index < -0.39 is 0 Å². The van der Waals surface area contributed by atoms with Gasteiger partial charge in [0, 0.05) is 0 Å². The van der Waals surface area contributed by atoms with Crippen molar-refractivity contribution in [3.63, 3.8) is 0 Å². The van der Waals surface area contributed by atoms with Crippen LogP contribution in [-0.4, -0.2) is 10.6 Å². The number of nitrogens with zero attached hydrogens (tertiary/aromatic N) is 1. The molecule has 0 aliphatic rings. The maximum atomic E-state index is 8.58. The van der Waals surface area contributed by atoms with E-state index in [2.05, 4.69) is 4.37 Å². The van der Waals surface area contributed by atoms with Crippen LogP contribution < -0.4 is 29.6 Å². The van der Waals surface area contributed by atoms with Crippen LogP contribution in [0.5, 0.6) is 0 Å². The number of hydrogen-bond donors (Lipinski definition) is 1. The van der Waals surface area contributed by atoms with Crippen molar-refractivity contribution < 1.29 is 29.6 Å². The number of H-pyrrole nitrogens is 1. The molecule has 1 N–H and O–H groups in total. The molecule has 0 bridgehead atoms. The first-order chi connectivity index (χ1) is 4.79. The normalized spacial score (nSPS) is 8.36. The zero-order valence-electron chi connectivity index (χ0n) is 6.17. The summed E-state index contributed by atoms with van der Waals surface area (Å²) in [4.78, 5) is 0. The van der Waals surface area contributed by atoms with Crippen molar-refractivity contribution in [2.75, 3.05) is 6.26 Å². The van der Waals surface area contributed by atoms with Crippen LogP contribution in [0.2, 0.25) is 0 Å². The van der Waals surface area contributed by atoms with Crippen molar-refractivity contribution in [1.82, 2.24) is 4.37 Å². The summed E-state index contributed by atoms with van der Waals surface area (Å²) in [5, 5.41) is 8.58. The molecule has 0 fully saturated rings. The Morgan fingerprint density at radius 2 is 2.36 bits per heavy atom. The van der Waals surface area contributed by atoms with Gasteiger partial charge in [0.2, 0.25) is 0 Å². The van der Waals surface area contributed by atoms with E-state index in [4.69, 9.17) is 17.5 Å². The molecule has 1 rings (SSSR count). The molecule has 0 saturated heterocycles. The Morgan fingerprint density at radius 1 is 1.73 bits per heavy atom. The molecular formula is C5H4N2NaS3+. The topological polar surface area (TPSA) is 39.6 Å². The van der Waals surface area contributed by atoms with E-state index in [0.717, 1.165) is 4.21 Å². The van der Waals surface area contributed by atoms with E-state index >= 15 is 0 Å². The van der Waals surface area contributed by atoms with Gasteiger partial charge in [-0.1, -0.05) is 23.8 Å². The second-order valence-corrected chi connectivity index (χ2v) is 3.81. The zero-order valence-corrected chi connectivity index (χ0v) is 10.6. The molecule has 1 heterocycles. The first-order valence-corrected chi connectivity index (χ1v) is 4.90. The molecule has 0 amide bonds.